The van der Waals surface area contributed by atoms with E-state index in [2.05, 4.69) is 10.6 Å². The molecule has 0 radical (unpaired) electrons. The molecule has 24 heavy (non-hydrogen) atoms. The van der Waals surface area contributed by atoms with Crippen LogP contribution >= 0.6 is 12.2 Å². The number of rotatable bonds is 6. The van der Waals surface area contributed by atoms with Gasteiger partial charge in [0, 0.05) is 17.3 Å². The van der Waals surface area contributed by atoms with E-state index in [1.54, 1.807) is 21.3 Å². The van der Waals surface area contributed by atoms with Gasteiger partial charge in [-0.15, -0.1) is 0 Å². The summed E-state index contributed by atoms with van der Waals surface area (Å²) in [4.78, 5) is 0. The number of methoxy groups -OCH3 is 3. The maximum Gasteiger partial charge on any atom is 0.171 e. The molecule has 1 unspecified atom stereocenters. The molecule has 2 aromatic rings. The third kappa shape index (κ3) is 4.52. The van der Waals surface area contributed by atoms with Crippen LogP contribution in [-0.4, -0.2) is 26.4 Å². The molecule has 0 aliphatic rings. The number of benzene rings is 2. The molecule has 128 valence electrons. The number of anilines is 1. The summed E-state index contributed by atoms with van der Waals surface area (Å²) < 4.78 is 15.9. The highest BCUT2D eigenvalue weighted by molar-refractivity contribution is 7.80. The molecule has 0 spiro atoms. The van der Waals surface area contributed by atoms with Crippen molar-refractivity contribution in [1.82, 2.24) is 5.32 Å². The minimum atomic E-state index is -0.0549. The highest BCUT2D eigenvalue weighted by Gasteiger charge is 2.14. The first-order chi connectivity index (χ1) is 11.6. The third-order valence-corrected chi connectivity index (χ3v) is 3.80. The van der Waals surface area contributed by atoms with Crippen molar-refractivity contribution in [3.63, 3.8) is 0 Å². The van der Waals surface area contributed by atoms with E-state index < -0.39 is 0 Å². The van der Waals surface area contributed by atoms with Crippen LogP contribution in [0.2, 0.25) is 0 Å². The summed E-state index contributed by atoms with van der Waals surface area (Å²) in [6, 6.07) is 13.2. The molecule has 0 bridgehead atoms. The van der Waals surface area contributed by atoms with Gasteiger partial charge in [0.05, 0.1) is 27.4 Å². The Morgan fingerprint density at radius 1 is 0.958 bits per heavy atom. The molecule has 2 N–H and O–H groups in total. The van der Waals surface area contributed by atoms with Crippen LogP contribution in [0, 0.1) is 0 Å². The summed E-state index contributed by atoms with van der Waals surface area (Å²) in [5.74, 6) is 2.32. The van der Waals surface area contributed by atoms with Crippen LogP contribution in [-0.2, 0) is 0 Å². The van der Waals surface area contributed by atoms with Crippen LogP contribution < -0.4 is 24.8 Å². The summed E-state index contributed by atoms with van der Waals surface area (Å²) in [5.41, 5.74) is 1.82. The summed E-state index contributed by atoms with van der Waals surface area (Å²) in [6.07, 6.45) is 0. The van der Waals surface area contributed by atoms with E-state index in [0.29, 0.717) is 5.11 Å². The normalized spacial score (nSPS) is 11.3. The molecule has 1 atom stereocenters. The lowest BCUT2D eigenvalue weighted by atomic mass is 10.1. The zero-order valence-corrected chi connectivity index (χ0v) is 15.1. The Hall–Kier alpha value is -2.47. The van der Waals surface area contributed by atoms with E-state index in [1.165, 1.54) is 0 Å². The van der Waals surface area contributed by atoms with Crippen LogP contribution in [0.5, 0.6) is 17.2 Å². The fourth-order valence-corrected chi connectivity index (χ4v) is 2.61. The van der Waals surface area contributed by atoms with Gasteiger partial charge in [0.2, 0.25) is 0 Å². The molecule has 0 aromatic heterocycles. The molecule has 0 amide bonds. The Kier molecular flexibility index (Phi) is 6.26. The molecule has 0 saturated heterocycles. The molecule has 2 rings (SSSR count). The SMILES string of the molecule is COc1cccc(NC(=S)NC(C)c2cc(OC)ccc2OC)c1. The molecule has 0 aliphatic carbocycles. The minimum Gasteiger partial charge on any atom is -0.497 e. The van der Waals surface area contributed by atoms with Crippen LogP contribution in [0.1, 0.15) is 18.5 Å². The molecule has 0 aliphatic heterocycles. The standard InChI is InChI=1S/C18H22N2O3S/c1-12(16-11-15(22-3)8-9-17(16)23-4)19-18(24)20-13-6-5-7-14(10-13)21-2/h5-12H,1-4H3,(H2,19,20,24). The second-order valence-corrected chi connectivity index (χ2v) is 5.57. The molecular formula is C18H22N2O3S. The van der Waals surface area contributed by atoms with Gasteiger partial charge in [0.25, 0.3) is 0 Å². The summed E-state index contributed by atoms with van der Waals surface area (Å²) >= 11 is 5.40. The van der Waals surface area contributed by atoms with Gasteiger partial charge in [0.1, 0.15) is 17.2 Å². The summed E-state index contributed by atoms with van der Waals surface area (Å²) in [5, 5.41) is 6.92. The maximum atomic E-state index is 5.42. The third-order valence-electron chi connectivity index (χ3n) is 3.58. The lowest BCUT2D eigenvalue weighted by molar-refractivity contribution is 0.395. The zero-order valence-electron chi connectivity index (χ0n) is 14.3. The average molecular weight is 346 g/mol. The van der Waals surface area contributed by atoms with E-state index in [0.717, 1.165) is 28.5 Å². The van der Waals surface area contributed by atoms with Crippen molar-refractivity contribution < 1.29 is 14.2 Å². The lowest BCUT2D eigenvalue weighted by Gasteiger charge is -2.20. The van der Waals surface area contributed by atoms with Crippen LogP contribution in [0.15, 0.2) is 42.5 Å². The van der Waals surface area contributed by atoms with Gasteiger partial charge in [-0.05, 0) is 49.5 Å². The van der Waals surface area contributed by atoms with Crippen molar-refractivity contribution in [2.24, 2.45) is 0 Å². The fraction of sp³-hybridized carbons (Fsp3) is 0.278. The van der Waals surface area contributed by atoms with Crippen molar-refractivity contribution in [1.29, 1.82) is 0 Å². The summed E-state index contributed by atoms with van der Waals surface area (Å²) in [6.45, 7) is 2.01. The zero-order chi connectivity index (χ0) is 17.5. The number of ether oxygens (including phenoxy) is 3. The summed E-state index contributed by atoms with van der Waals surface area (Å²) in [7, 11) is 4.91. The van der Waals surface area contributed by atoms with E-state index in [1.807, 2.05) is 49.4 Å². The van der Waals surface area contributed by atoms with E-state index in [-0.39, 0.29) is 6.04 Å². The number of hydrogen-bond donors (Lipinski definition) is 2. The predicted molar refractivity (Wildman–Crippen MR) is 100 cm³/mol. The molecule has 0 saturated carbocycles. The minimum absolute atomic E-state index is 0.0549. The van der Waals surface area contributed by atoms with Gasteiger partial charge in [-0.3, -0.25) is 0 Å². The Labute approximate surface area is 147 Å². The Bertz CT molecular complexity index is 706. The topological polar surface area (TPSA) is 51.8 Å². The number of hydrogen-bond acceptors (Lipinski definition) is 4. The first-order valence-electron chi connectivity index (χ1n) is 7.51. The number of nitrogens with one attached hydrogen (secondary N) is 2. The maximum absolute atomic E-state index is 5.42. The van der Waals surface area contributed by atoms with Gasteiger partial charge in [0.15, 0.2) is 5.11 Å². The van der Waals surface area contributed by atoms with Gasteiger partial charge in [-0.2, -0.15) is 0 Å². The quantitative estimate of drug-likeness (QED) is 0.777. The molecule has 5 nitrogen and oxygen atoms in total. The van der Waals surface area contributed by atoms with E-state index in [4.69, 9.17) is 26.4 Å². The molecule has 6 heteroatoms. The second-order valence-electron chi connectivity index (χ2n) is 5.16. The smallest absolute Gasteiger partial charge is 0.171 e. The number of thiocarbonyl (C=S) groups is 1. The highest BCUT2D eigenvalue weighted by Crippen LogP contribution is 2.29. The lowest BCUT2D eigenvalue weighted by Crippen LogP contribution is -2.31. The largest absolute Gasteiger partial charge is 0.497 e. The van der Waals surface area contributed by atoms with Crippen LogP contribution in [0.25, 0.3) is 0 Å². The van der Waals surface area contributed by atoms with Gasteiger partial charge >= 0.3 is 0 Å². The Morgan fingerprint density at radius 3 is 2.33 bits per heavy atom. The predicted octanol–water partition coefficient (Wildman–Crippen LogP) is 3.76. The van der Waals surface area contributed by atoms with Crippen molar-refractivity contribution in [3.05, 3.63) is 48.0 Å². The van der Waals surface area contributed by atoms with Gasteiger partial charge in [-0.1, -0.05) is 6.07 Å². The van der Waals surface area contributed by atoms with Crippen LogP contribution in [0.3, 0.4) is 0 Å². The van der Waals surface area contributed by atoms with Crippen LogP contribution in [0.4, 0.5) is 5.69 Å². The fourth-order valence-electron chi connectivity index (χ4n) is 2.32. The average Bonchev–Trinajstić information content (AvgIpc) is 2.61. The van der Waals surface area contributed by atoms with Crippen molar-refractivity contribution in [2.75, 3.05) is 26.6 Å². The molecule has 0 fully saturated rings. The van der Waals surface area contributed by atoms with Crippen molar-refractivity contribution >= 4 is 23.0 Å². The van der Waals surface area contributed by atoms with Gasteiger partial charge < -0.3 is 24.8 Å². The molecule has 0 heterocycles. The first-order valence-corrected chi connectivity index (χ1v) is 7.91. The monoisotopic (exact) mass is 346 g/mol. The Balaban J connectivity index is 2.08. The second kappa shape index (κ2) is 8.40. The molecule has 2 aromatic carbocycles. The van der Waals surface area contributed by atoms with Crippen molar-refractivity contribution in [3.8, 4) is 17.2 Å². The Morgan fingerprint density at radius 2 is 1.67 bits per heavy atom. The highest BCUT2D eigenvalue weighted by atomic mass is 32.1. The molecular weight excluding hydrogens is 324 g/mol. The first kappa shape index (κ1) is 17.9. The van der Waals surface area contributed by atoms with E-state index >= 15 is 0 Å². The van der Waals surface area contributed by atoms with Crippen molar-refractivity contribution in [2.45, 2.75) is 13.0 Å². The van der Waals surface area contributed by atoms with E-state index in [9.17, 15) is 0 Å². The van der Waals surface area contributed by atoms with Gasteiger partial charge in [-0.25, -0.2) is 0 Å².